The number of thiazole rings is 1. The molecule has 3 aromatic rings. The molecular formula is C28H34N4O3S. The lowest BCUT2D eigenvalue weighted by Gasteiger charge is -2.25. The number of amides is 2. The number of carbonyl (C=O) groups excluding carboxylic acids is 2. The molecule has 1 aliphatic carbocycles. The summed E-state index contributed by atoms with van der Waals surface area (Å²) < 4.78 is 5.84. The lowest BCUT2D eigenvalue weighted by molar-refractivity contribution is -0.120. The lowest BCUT2D eigenvalue weighted by Crippen LogP contribution is -2.45. The Morgan fingerprint density at radius 2 is 1.75 bits per heavy atom. The summed E-state index contributed by atoms with van der Waals surface area (Å²) in [5.74, 6) is 0.328. The van der Waals surface area contributed by atoms with Crippen LogP contribution < -0.4 is 21.5 Å². The van der Waals surface area contributed by atoms with E-state index in [4.69, 9.17) is 16.2 Å². The van der Waals surface area contributed by atoms with E-state index in [0.717, 1.165) is 29.7 Å². The fourth-order valence-electron chi connectivity index (χ4n) is 4.60. The van der Waals surface area contributed by atoms with Crippen molar-refractivity contribution in [2.75, 3.05) is 0 Å². The zero-order chi connectivity index (χ0) is 25.3. The van der Waals surface area contributed by atoms with Crippen LogP contribution in [0.5, 0.6) is 5.75 Å². The largest absolute Gasteiger partial charge is 0.489 e. The molecule has 36 heavy (non-hydrogen) atoms. The minimum Gasteiger partial charge on any atom is -0.489 e. The monoisotopic (exact) mass is 506 g/mol. The highest BCUT2D eigenvalue weighted by Gasteiger charge is 2.25. The average Bonchev–Trinajstić information content (AvgIpc) is 3.40. The van der Waals surface area contributed by atoms with Crippen LogP contribution in [0.1, 0.15) is 71.2 Å². The third-order valence-electron chi connectivity index (χ3n) is 6.64. The number of nitrogens with two attached hydrogens (primary N) is 2. The smallest absolute Gasteiger partial charge is 0.271 e. The van der Waals surface area contributed by atoms with E-state index in [-0.39, 0.29) is 17.6 Å². The van der Waals surface area contributed by atoms with Gasteiger partial charge in [-0.05, 0) is 42.0 Å². The molecule has 1 aliphatic rings. The number of primary amides is 1. The predicted octanol–water partition coefficient (Wildman–Crippen LogP) is 4.52. The second-order valence-electron chi connectivity index (χ2n) is 9.47. The van der Waals surface area contributed by atoms with Gasteiger partial charge in [-0.15, -0.1) is 11.3 Å². The third-order valence-corrected chi connectivity index (χ3v) is 7.62. The SMILES string of the molecule is NC(=O)C(CC1CCCCC1)NC(=O)c1csc(C(N)Cc2ccc(OCc3ccccc3)cc2)n1. The summed E-state index contributed by atoms with van der Waals surface area (Å²) in [6.07, 6.45) is 6.90. The number of ether oxygens (including phenoxy) is 1. The van der Waals surface area contributed by atoms with Crippen molar-refractivity contribution in [2.45, 2.75) is 63.6 Å². The fourth-order valence-corrected chi connectivity index (χ4v) is 5.40. The van der Waals surface area contributed by atoms with Gasteiger partial charge in [0.25, 0.3) is 5.91 Å². The molecule has 2 atom stereocenters. The Morgan fingerprint density at radius 1 is 1.03 bits per heavy atom. The number of rotatable bonds is 11. The number of benzene rings is 2. The zero-order valence-electron chi connectivity index (χ0n) is 20.4. The maximum absolute atomic E-state index is 12.8. The Bertz CT molecular complexity index is 1130. The van der Waals surface area contributed by atoms with Gasteiger partial charge in [0.2, 0.25) is 5.91 Å². The first-order chi connectivity index (χ1) is 17.5. The molecular weight excluding hydrogens is 472 g/mol. The van der Waals surface area contributed by atoms with E-state index in [1.54, 1.807) is 5.38 Å². The first kappa shape index (κ1) is 25.9. The van der Waals surface area contributed by atoms with E-state index in [0.29, 0.717) is 30.4 Å². The quantitative estimate of drug-likeness (QED) is 0.353. The standard InChI is InChI=1S/C28H34N4O3S/c29-23(15-20-11-13-22(14-12-20)35-17-21-9-5-2-6-10-21)28-32-25(18-36-28)27(34)31-24(26(30)33)16-19-7-3-1-4-8-19/h2,5-6,9-14,18-19,23-24H,1,3-4,7-8,15-17,29H2,(H2,30,33)(H,31,34). The second-order valence-corrected chi connectivity index (χ2v) is 10.4. The minimum absolute atomic E-state index is 0.269. The molecule has 190 valence electrons. The molecule has 0 bridgehead atoms. The van der Waals surface area contributed by atoms with Crippen molar-refractivity contribution in [2.24, 2.45) is 17.4 Å². The van der Waals surface area contributed by atoms with Gasteiger partial charge >= 0.3 is 0 Å². The molecule has 1 fully saturated rings. The van der Waals surface area contributed by atoms with Gasteiger partial charge in [0, 0.05) is 5.38 Å². The Labute approximate surface area is 216 Å². The van der Waals surface area contributed by atoms with Crippen LogP contribution in [0.15, 0.2) is 60.0 Å². The summed E-state index contributed by atoms with van der Waals surface area (Å²) in [5, 5.41) is 5.15. The third kappa shape index (κ3) is 7.38. The van der Waals surface area contributed by atoms with Crippen LogP contribution in [0.3, 0.4) is 0 Å². The average molecular weight is 507 g/mol. The number of hydrogen-bond donors (Lipinski definition) is 3. The van der Waals surface area contributed by atoms with Crippen LogP contribution in [0, 0.1) is 5.92 Å². The van der Waals surface area contributed by atoms with Crippen molar-refractivity contribution in [1.29, 1.82) is 0 Å². The normalized spacial score (nSPS) is 15.7. The molecule has 7 nitrogen and oxygen atoms in total. The minimum atomic E-state index is -0.679. The summed E-state index contributed by atoms with van der Waals surface area (Å²) in [6, 6.07) is 16.8. The summed E-state index contributed by atoms with van der Waals surface area (Å²) in [7, 11) is 0. The first-order valence-corrected chi connectivity index (χ1v) is 13.4. The van der Waals surface area contributed by atoms with Gasteiger partial charge in [0.15, 0.2) is 0 Å². The maximum Gasteiger partial charge on any atom is 0.271 e. The highest BCUT2D eigenvalue weighted by molar-refractivity contribution is 7.09. The van der Waals surface area contributed by atoms with Gasteiger partial charge in [-0.3, -0.25) is 9.59 Å². The molecule has 1 heterocycles. The van der Waals surface area contributed by atoms with Crippen LogP contribution in [0.25, 0.3) is 0 Å². The van der Waals surface area contributed by atoms with Crippen molar-refractivity contribution in [3.8, 4) is 5.75 Å². The molecule has 0 aliphatic heterocycles. The number of aromatic nitrogens is 1. The molecule has 2 unspecified atom stereocenters. The highest BCUT2D eigenvalue weighted by Crippen LogP contribution is 2.27. The number of hydrogen-bond acceptors (Lipinski definition) is 6. The Balaban J connectivity index is 1.29. The molecule has 8 heteroatoms. The van der Waals surface area contributed by atoms with Crippen LogP contribution in [0.2, 0.25) is 0 Å². The van der Waals surface area contributed by atoms with Gasteiger partial charge in [0.05, 0.1) is 6.04 Å². The summed E-state index contributed by atoms with van der Waals surface area (Å²) in [6.45, 7) is 0.515. The Morgan fingerprint density at radius 3 is 2.44 bits per heavy atom. The molecule has 1 saturated carbocycles. The van der Waals surface area contributed by atoms with Crippen LogP contribution in [0.4, 0.5) is 0 Å². The molecule has 0 radical (unpaired) electrons. The second kappa shape index (κ2) is 12.6. The molecule has 2 aromatic carbocycles. The van der Waals surface area contributed by atoms with E-state index >= 15 is 0 Å². The molecule has 2 amide bonds. The summed E-state index contributed by atoms with van der Waals surface area (Å²) in [5.41, 5.74) is 14.4. The van der Waals surface area contributed by atoms with Gasteiger partial charge < -0.3 is 21.5 Å². The van der Waals surface area contributed by atoms with E-state index < -0.39 is 11.9 Å². The van der Waals surface area contributed by atoms with Crippen LogP contribution in [-0.4, -0.2) is 22.8 Å². The fraction of sp³-hybridized carbons (Fsp3) is 0.393. The van der Waals surface area contributed by atoms with Crippen molar-refractivity contribution >= 4 is 23.2 Å². The van der Waals surface area contributed by atoms with Gasteiger partial charge in [-0.25, -0.2) is 4.98 Å². The van der Waals surface area contributed by atoms with E-state index in [1.165, 1.54) is 30.6 Å². The Hall–Kier alpha value is -3.23. The van der Waals surface area contributed by atoms with Crippen LogP contribution >= 0.6 is 11.3 Å². The maximum atomic E-state index is 12.8. The first-order valence-electron chi connectivity index (χ1n) is 12.5. The topological polar surface area (TPSA) is 120 Å². The highest BCUT2D eigenvalue weighted by atomic mass is 32.1. The number of nitrogens with zero attached hydrogens (tertiary/aromatic N) is 1. The van der Waals surface area contributed by atoms with E-state index in [9.17, 15) is 9.59 Å². The van der Waals surface area contributed by atoms with Crippen molar-refractivity contribution < 1.29 is 14.3 Å². The summed E-state index contributed by atoms with van der Waals surface area (Å²) in [4.78, 5) is 29.2. The zero-order valence-corrected chi connectivity index (χ0v) is 21.2. The van der Waals surface area contributed by atoms with Gasteiger partial charge in [-0.1, -0.05) is 74.6 Å². The predicted molar refractivity (Wildman–Crippen MR) is 142 cm³/mol. The van der Waals surface area contributed by atoms with E-state index in [1.807, 2.05) is 54.6 Å². The van der Waals surface area contributed by atoms with E-state index in [2.05, 4.69) is 10.3 Å². The van der Waals surface area contributed by atoms with Gasteiger partial charge in [0.1, 0.15) is 29.1 Å². The number of carbonyl (C=O) groups is 2. The molecule has 4 rings (SSSR count). The molecule has 0 spiro atoms. The molecule has 0 saturated heterocycles. The molecule has 5 N–H and O–H groups in total. The van der Waals surface area contributed by atoms with Crippen molar-refractivity contribution in [1.82, 2.24) is 10.3 Å². The van der Waals surface area contributed by atoms with Crippen molar-refractivity contribution in [3.63, 3.8) is 0 Å². The van der Waals surface area contributed by atoms with Gasteiger partial charge in [-0.2, -0.15) is 0 Å². The van der Waals surface area contributed by atoms with Crippen LogP contribution in [-0.2, 0) is 17.8 Å². The van der Waals surface area contributed by atoms with Crippen molar-refractivity contribution in [3.05, 3.63) is 81.8 Å². The summed E-state index contributed by atoms with van der Waals surface area (Å²) >= 11 is 1.35. The Kier molecular flexibility index (Phi) is 9.08. The number of nitrogens with one attached hydrogen (secondary N) is 1. The lowest BCUT2D eigenvalue weighted by atomic mass is 9.84. The molecule has 1 aromatic heterocycles.